The van der Waals surface area contributed by atoms with Gasteiger partial charge in [0.15, 0.2) is 5.78 Å². The maximum Gasteiger partial charge on any atom is 0.164 e. The minimum absolute atomic E-state index is 0.0810. The monoisotopic (exact) mass is 154 g/mol. The first-order valence-corrected chi connectivity index (χ1v) is 4.25. The molecule has 3 fully saturated rings. The van der Waals surface area contributed by atoms with Crippen molar-refractivity contribution in [3.05, 3.63) is 0 Å². The van der Waals surface area contributed by atoms with Crippen molar-refractivity contribution in [3.63, 3.8) is 0 Å². The van der Waals surface area contributed by atoms with Gasteiger partial charge in [-0.25, -0.2) is 0 Å². The zero-order chi connectivity index (χ0) is 8.22. The van der Waals surface area contributed by atoms with Gasteiger partial charge in [-0.1, -0.05) is 13.8 Å². The van der Waals surface area contributed by atoms with E-state index in [9.17, 15) is 9.90 Å². The summed E-state index contributed by atoms with van der Waals surface area (Å²) in [5, 5.41) is 9.26. The molecule has 3 aliphatic rings. The van der Waals surface area contributed by atoms with Crippen LogP contribution in [0.3, 0.4) is 0 Å². The Kier molecular flexibility index (Phi) is 1.23. The van der Waals surface area contributed by atoms with Gasteiger partial charge in [-0.05, 0) is 24.2 Å². The number of rotatable bonds is 0. The number of fused-ring (bicyclic) bond motifs is 2. The lowest BCUT2D eigenvalue weighted by molar-refractivity contribution is -0.164. The van der Waals surface area contributed by atoms with Gasteiger partial charge in [0.2, 0.25) is 0 Å². The number of aliphatic hydroxyl groups is 1. The lowest BCUT2D eigenvalue weighted by Crippen LogP contribution is -2.58. The van der Waals surface area contributed by atoms with E-state index < -0.39 is 6.10 Å². The van der Waals surface area contributed by atoms with Gasteiger partial charge in [0.05, 0.1) is 0 Å². The molecule has 3 atom stereocenters. The molecule has 3 rings (SSSR count). The lowest BCUT2D eigenvalue weighted by atomic mass is 9.48. The molecule has 0 aromatic heterocycles. The number of aliphatic hydroxyl groups excluding tert-OH is 1. The van der Waals surface area contributed by atoms with E-state index in [1.165, 1.54) is 0 Å². The van der Waals surface area contributed by atoms with Gasteiger partial charge in [0, 0.05) is 5.92 Å². The first kappa shape index (κ1) is 7.29. The topological polar surface area (TPSA) is 37.3 Å². The molecule has 3 aliphatic carbocycles. The molecular formula is C9H14O2. The molecule has 0 spiro atoms. The van der Waals surface area contributed by atoms with Crippen LogP contribution in [0.4, 0.5) is 0 Å². The van der Waals surface area contributed by atoms with Crippen LogP contribution in [-0.2, 0) is 4.79 Å². The van der Waals surface area contributed by atoms with Crippen molar-refractivity contribution < 1.29 is 9.90 Å². The van der Waals surface area contributed by atoms with Crippen LogP contribution in [0.5, 0.6) is 0 Å². The molecule has 0 amide bonds. The minimum Gasteiger partial charge on any atom is -0.385 e. The number of ketones is 1. The van der Waals surface area contributed by atoms with Crippen molar-refractivity contribution in [1.82, 2.24) is 0 Å². The van der Waals surface area contributed by atoms with Crippen LogP contribution in [0.25, 0.3) is 0 Å². The maximum absolute atomic E-state index is 11.3. The average Bonchev–Trinajstić information content (AvgIpc) is 1.93. The van der Waals surface area contributed by atoms with Crippen LogP contribution in [-0.4, -0.2) is 17.0 Å². The van der Waals surface area contributed by atoms with Crippen molar-refractivity contribution in [2.24, 2.45) is 17.3 Å². The fourth-order valence-electron chi connectivity index (χ4n) is 2.52. The molecule has 0 radical (unpaired) electrons. The summed E-state index contributed by atoms with van der Waals surface area (Å²) in [5.41, 5.74) is 0.177. The van der Waals surface area contributed by atoms with Gasteiger partial charge in [-0.15, -0.1) is 0 Å². The Bertz CT molecular complexity index is 208. The van der Waals surface area contributed by atoms with Gasteiger partial charge in [0.1, 0.15) is 6.10 Å². The fraction of sp³-hybridized carbons (Fsp3) is 0.889. The highest BCUT2D eigenvalue weighted by Gasteiger charge is 2.57. The summed E-state index contributed by atoms with van der Waals surface area (Å²) < 4.78 is 0. The van der Waals surface area contributed by atoms with E-state index in [1.807, 2.05) is 0 Å². The molecule has 2 bridgehead atoms. The Balaban J connectivity index is 2.23. The number of hydrogen-bond donors (Lipinski definition) is 1. The molecule has 3 saturated carbocycles. The predicted octanol–water partition coefficient (Wildman–Crippen LogP) is 0.982. The smallest absolute Gasteiger partial charge is 0.164 e. The van der Waals surface area contributed by atoms with E-state index in [2.05, 4.69) is 13.8 Å². The summed E-state index contributed by atoms with van der Waals surface area (Å²) in [7, 11) is 0. The van der Waals surface area contributed by atoms with Crippen LogP contribution < -0.4 is 0 Å². The molecule has 0 saturated heterocycles. The van der Waals surface area contributed by atoms with Crippen LogP contribution in [0.2, 0.25) is 0 Å². The first-order valence-electron chi connectivity index (χ1n) is 4.25. The quantitative estimate of drug-likeness (QED) is 0.564. The third-order valence-electron chi connectivity index (χ3n) is 3.65. The second kappa shape index (κ2) is 1.86. The zero-order valence-corrected chi connectivity index (χ0v) is 7.00. The normalized spacial score (nSPS) is 46.8. The molecule has 0 aromatic rings. The molecule has 0 aromatic carbocycles. The Morgan fingerprint density at radius 2 is 2.09 bits per heavy atom. The van der Waals surface area contributed by atoms with Crippen LogP contribution >= 0.6 is 0 Å². The number of carbonyl (C=O) groups is 1. The van der Waals surface area contributed by atoms with Crippen molar-refractivity contribution in [2.75, 3.05) is 0 Å². The Labute approximate surface area is 66.6 Å². The molecule has 0 unspecified atom stereocenters. The largest absolute Gasteiger partial charge is 0.385 e. The number of hydrogen-bond acceptors (Lipinski definition) is 2. The summed E-state index contributed by atoms with van der Waals surface area (Å²) in [6.45, 7) is 4.27. The molecule has 62 valence electrons. The van der Waals surface area contributed by atoms with Crippen LogP contribution in [0.1, 0.15) is 26.7 Å². The predicted molar refractivity (Wildman–Crippen MR) is 41.0 cm³/mol. The van der Waals surface area contributed by atoms with E-state index in [1.54, 1.807) is 0 Å². The average molecular weight is 154 g/mol. The van der Waals surface area contributed by atoms with Gasteiger partial charge in [0.25, 0.3) is 0 Å². The lowest BCUT2D eigenvalue weighted by Gasteiger charge is -2.56. The van der Waals surface area contributed by atoms with Crippen LogP contribution in [0, 0.1) is 17.3 Å². The first-order chi connectivity index (χ1) is 5.03. The molecule has 1 N–H and O–H groups in total. The van der Waals surface area contributed by atoms with Gasteiger partial charge in [-0.2, -0.15) is 0 Å². The summed E-state index contributed by atoms with van der Waals surface area (Å²) >= 11 is 0. The Hall–Kier alpha value is -0.370. The molecule has 2 nitrogen and oxygen atoms in total. The third-order valence-corrected chi connectivity index (χ3v) is 3.65. The minimum atomic E-state index is -0.647. The van der Waals surface area contributed by atoms with E-state index in [0.717, 1.165) is 6.42 Å². The zero-order valence-electron chi connectivity index (χ0n) is 7.00. The standard InChI is InChI=1S/C9H14O2/c1-9(2)5-3-6(9)8(11)7(10)4-5/h5-7,10H,3-4H2,1-2H3/t5-,6+,7+/m1/s1. The van der Waals surface area contributed by atoms with Crippen molar-refractivity contribution >= 4 is 5.78 Å². The SMILES string of the molecule is CC1(C)[C@H]2C[C@H](O)C(=O)[C@@H]1C2. The van der Waals surface area contributed by atoms with E-state index in [-0.39, 0.29) is 17.1 Å². The van der Waals surface area contributed by atoms with Gasteiger partial charge in [-0.3, -0.25) is 4.79 Å². The summed E-state index contributed by atoms with van der Waals surface area (Å²) in [6.07, 6.45) is 1.07. The molecule has 2 heteroatoms. The summed E-state index contributed by atoms with van der Waals surface area (Å²) in [6, 6.07) is 0. The molecular weight excluding hydrogens is 140 g/mol. The van der Waals surface area contributed by atoms with Gasteiger partial charge >= 0.3 is 0 Å². The third kappa shape index (κ3) is 0.734. The van der Waals surface area contributed by atoms with Crippen molar-refractivity contribution in [3.8, 4) is 0 Å². The maximum atomic E-state index is 11.3. The van der Waals surface area contributed by atoms with Gasteiger partial charge < -0.3 is 5.11 Å². The fourth-order valence-corrected chi connectivity index (χ4v) is 2.52. The van der Waals surface area contributed by atoms with Crippen molar-refractivity contribution in [2.45, 2.75) is 32.8 Å². The van der Waals surface area contributed by atoms with Crippen molar-refractivity contribution in [1.29, 1.82) is 0 Å². The van der Waals surface area contributed by atoms with E-state index in [0.29, 0.717) is 12.3 Å². The number of Topliss-reactive ketones (excluding diaryl/α,β-unsaturated/α-hetero) is 1. The van der Waals surface area contributed by atoms with E-state index in [4.69, 9.17) is 0 Å². The second-order valence-corrected chi connectivity index (χ2v) is 4.46. The summed E-state index contributed by atoms with van der Waals surface area (Å²) in [5.74, 6) is 0.814. The molecule has 0 aliphatic heterocycles. The molecule has 0 heterocycles. The second-order valence-electron chi connectivity index (χ2n) is 4.46. The Morgan fingerprint density at radius 3 is 2.45 bits per heavy atom. The Morgan fingerprint density at radius 1 is 1.45 bits per heavy atom. The summed E-state index contributed by atoms with van der Waals surface area (Å²) in [4.78, 5) is 11.3. The molecule has 11 heavy (non-hydrogen) atoms. The highest BCUT2D eigenvalue weighted by Crippen LogP contribution is 2.57. The highest BCUT2D eigenvalue weighted by atomic mass is 16.3. The van der Waals surface area contributed by atoms with Crippen LogP contribution in [0.15, 0.2) is 0 Å². The number of carbonyl (C=O) groups excluding carboxylic acids is 1. The van der Waals surface area contributed by atoms with E-state index >= 15 is 0 Å². The highest BCUT2D eigenvalue weighted by molar-refractivity contribution is 5.88.